The topological polar surface area (TPSA) is 44.4 Å². The van der Waals surface area contributed by atoms with E-state index in [1.165, 1.54) is 0 Å². The highest BCUT2D eigenvalue weighted by atomic mass is 16.2. The molecule has 1 amide bonds. The first-order valence-corrected chi connectivity index (χ1v) is 5.46. The van der Waals surface area contributed by atoms with Gasteiger partial charge < -0.3 is 15.5 Å². The Balaban J connectivity index is 2.03. The molecule has 1 aromatic rings. The second-order valence-electron chi connectivity index (χ2n) is 4.29. The van der Waals surface area contributed by atoms with Crippen molar-refractivity contribution in [2.45, 2.75) is 0 Å². The molecule has 0 spiro atoms. The van der Waals surface area contributed by atoms with Crippen LogP contribution < -0.4 is 15.5 Å². The van der Waals surface area contributed by atoms with Crippen molar-refractivity contribution >= 4 is 17.3 Å². The molecule has 2 N–H and O–H groups in total. The number of nitrogens with zero attached hydrogens (tertiary/aromatic N) is 1. The normalized spacial score (nSPS) is 15.4. The average Bonchev–Trinajstić information content (AvgIpc) is 2.15. The van der Waals surface area contributed by atoms with Crippen LogP contribution in [0.1, 0.15) is 0 Å². The molecular weight excluding hydrogens is 202 g/mol. The van der Waals surface area contributed by atoms with Gasteiger partial charge in [0.1, 0.15) is 0 Å². The second kappa shape index (κ2) is 4.53. The molecule has 2 rings (SSSR count). The van der Waals surface area contributed by atoms with E-state index in [-0.39, 0.29) is 11.8 Å². The summed E-state index contributed by atoms with van der Waals surface area (Å²) in [6.07, 6.45) is 0. The quantitative estimate of drug-likeness (QED) is 0.794. The predicted octanol–water partition coefficient (Wildman–Crippen LogP) is 0.910. The van der Waals surface area contributed by atoms with Gasteiger partial charge in [0.05, 0.1) is 5.92 Å². The summed E-state index contributed by atoms with van der Waals surface area (Å²) in [6.45, 7) is 1.58. The van der Waals surface area contributed by atoms with Crippen LogP contribution in [0.2, 0.25) is 0 Å². The molecular formula is C12H17N3O. The van der Waals surface area contributed by atoms with Gasteiger partial charge in [0.2, 0.25) is 5.91 Å². The molecule has 4 heteroatoms. The number of nitrogens with one attached hydrogen (secondary N) is 2. The summed E-state index contributed by atoms with van der Waals surface area (Å²) in [4.78, 5) is 13.7. The molecule has 0 atom stereocenters. The van der Waals surface area contributed by atoms with Gasteiger partial charge in [-0.3, -0.25) is 4.79 Å². The fourth-order valence-electron chi connectivity index (χ4n) is 1.58. The fraction of sp³-hybridized carbons (Fsp3) is 0.417. The standard InChI is InChI=1S/C12H17N3O/c1-15(2)11-5-3-4-10(6-11)14-12(16)9-7-13-8-9/h3-6,9,13H,7-8H2,1-2H3,(H,14,16). The third kappa shape index (κ3) is 2.33. The van der Waals surface area contributed by atoms with E-state index in [1.54, 1.807) is 0 Å². The first-order chi connectivity index (χ1) is 7.66. The Morgan fingerprint density at radius 2 is 2.19 bits per heavy atom. The Kier molecular flexibility index (Phi) is 3.10. The Morgan fingerprint density at radius 3 is 2.75 bits per heavy atom. The van der Waals surface area contributed by atoms with Crippen LogP contribution in [0.25, 0.3) is 0 Å². The van der Waals surface area contributed by atoms with Gasteiger partial charge in [-0.25, -0.2) is 0 Å². The molecule has 0 radical (unpaired) electrons. The summed E-state index contributed by atoms with van der Waals surface area (Å²) in [7, 11) is 3.97. The van der Waals surface area contributed by atoms with Crippen LogP contribution in [-0.4, -0.2) is 33.1 Å². The highest BCUT2D eigenvalue weighted by Crippen LogP contribution is 2.18. The van der Waals surface area contributed by atoms with Gasteiger partial charge >= 0.3 is 0 Å². The zero-order chi connectivity index (χ0) is 11.5. The van der Waals surface area contributed by atoms with Gasteiger partial charge in [0, 0.05) is 38.6 Å². The molecule has 1 aromatic carbocycles. The van der Waals surface area contributed by atoms with Gasteiger partial charge in [-0.15, -0.1) is 0 Å². The predicted molar refractivity (Wildman–Crippen MR) is 65.8 cm³/mol. The van der Waals surface area contributed by atoms with Crippen molar-refractivity contribution in [3.05, 3.63) is 24.3 Å². The molecule has 1 aliphatic rings. The van der Waals surface area contributed by atoms with E-state index in [0.29, 0.717) is 0 Å². The molecule has 1 aliphatic heterocycles. The number of hydrogen-bond donors (Lipinski definition) is 2. The minimum Gasteiger partial charge on any atom is -0.378 e. The highest BCUT2D eigenvalue weighted by Gasteiger charge is 2.24. The molecule has 4 nitrogen and oxygen atoms in total. The van der Waals surface area contributed by atoms with E-state index in [4.69, 9.17) is 0 Å². The maximum Gasteiger partial charge on any atom is 0.230 e. The van der Waals surface area contributed by atoms with Crippen LogP contribution in [0, 0.1) is 5.92 Å². The lowest BCUT2D eigenvalue weighted by Gasteiger charge is -2.26. The van der Waals surface area contributed by atoms with Crippen LogP contribution in [-0.2, 0) is 4.79 Å². The molecule has 0 saturated carbocycles. The van der Waals surface area contributed by atoms with E-state index in [9.17, 15) is 4.79 Å². The summed E-state index contributed by atoms with van der Waals surface area (Å²) >= 11 is 0. The van der Waals surface area contributed by atoms with Crippen LogP contribution >= 0.6 is 0 Å². The Labute approximate surface area is 95.6 Å². The minimum atomic E-state index is 0.106. The highest BCUT2D eigenvalue weighted by molar-refractivity contribution is 5.93. The molecule has 1 saturated heterocycles. The lowest BCUT2D eigenvalue weighted by Crippen LogP contribution is -2.48. The summed E-state index contributed by atoms with van der Waals surface area (Å²) in [6, 6.07) is 7.85. The van der Waals surface area contributed by atoms with E-state index in [2.05, 4.69) is 10.6 Å². The molecule has 1 fully saturated rings. The van der Waals surface area contributed by atoms with Crippen molar-refractivity contribution in [2.24, 2.45) is 5.92 Å². The number of benzene rings is 1. The monoisotopic (exact) mass is 219 g/mol. The molecule has 0 bridgehead atoms. The van der Waals surface area contributed by atoms with Crippen LogP contribution in [0.5, 0.6) is 0 Å². The zero-order valence-electron chi connectivity index (χ0n) is 9.66. The van der Waals surface area contributed by atoms with Crippen LogP contribution in [0.4, 0.5) is 11.4 Å². The number of rotatable bonds is 3. The number of anilines is 2. The van der Waals surface area contributed by atoms with Crippen molar-refractivity contribution < 1.29 is 4.79 Å². The summed E-state index contributed by atoms with van der Waals surface area (Å²) in [5.41, 5.74) is 1.95. The third-order valence-electron chi connectivity index (χ3n) is 2.78. The molecule has 0 aromatic heterocycles. The average molecular weight is 219 g/mol. The van der Waals surface area contributed by atoms with Crippen LogP contribution in [0.15, 0.2) is 24.3 Å². The summed E-state index contributed by atoms with van der Waals surface area (Å²) < 4.78 is 0. The van der Waals surface area contributed by atoms with E-state index in [0.717, 1.165) is 24.5 Å². The third-order valence-corrected chi connectivity index (χ3v) is 2.78. The van der Waals surface area contributed by atoms with Crippen molar-refractivity contribution in [2.75, 3.05) is 37.4 Å². The zero-order valence-corrected chi connectivity index (χ0v) is 9.66. The minimum absolute atomic E-state index is 0.106. The Bertz CT molecular complexity index is 386. The van der Waals surface area contributed by atoms with E-state index >= 15 is 0 Å². The van der Waals surface area contributed by atoms with Gasteiger partial charge in [-0.2, -0.15) is 0 Å². The first-order valence-electron chi connectivity index (χ1n) is 5.46. The lowest BCUT2D eigenvalue weighted by atomic mass is 10.0. The first kappa shape index (κ1) is 11.0. The fourth-order valence-corrected chi connectivity index (χ4v) is 1.58. The van der Waals surface area contributed by atoms with Crippen molar-refractivity contribution in [1.29, 1.82) is 0 Å². The van der Waals surface area contributed by atoms with E-state index < -0.39 is 0 Å². The SMILES string of the molecule is CN(C)c1cccc(NC(=O)C2CNC2)c1. The smallest absolute Gasteiger partial charge is 0.230 e. The van der Waals surface area contributed by atoms with Crippen molar-refractivity contribution in [3.63, 3.8) is 0 Å². The van der Waals surface area contributed by atoms with Crippen LogP contribution in [0.3, 0.4) is 0 Å². The number of amides is 1. The maximum atomic E-state index is 11.7. The Hall–Kier alpha value is -1.55. The van der Waals surface area contributed by atoms with Gasteiger partial charge in [0.25, 0.3) is 0 Å². The maximum absolute atomic E-state index is 11.7. The largest absolute Gasteiger partial charge is 0.378 e. The second-order valence-corrected chi connectivity index (χ2v) is 4.29. The lowest BCUT2D eigenvalue weighted by molar-refractivity contribution is -0.121. The molecule has 1 heterocycles. The number of hydrogen-bond acceptors (Lipinski definition) is 3. The van der Waals surface area contributed by atoms with Crippen molar-refractivity contribution in [3.8, 4) is 0 Å². The van der Waals surface area contributed by atoms with Crippen molar-refractivity contribution in [1.82, 2.24) is 5.32 Å². The van der Waals surface area contributed by atoms with E-state index in [1.807, 2.05) is 43.3 Å². The van der Waals surface area contributed by atoms with Gasteiger partial charge in [-0.05, 0) is 18.2 Å². The summed E-state index contributed by atoms with van der Waals surface area (Å²) in [5, 5.41) is 6.02. The number of carbonyl (C=O) groups is 1. The Morgan fingerprint density at radius 1 is 1.44 bits per heavy atom. The number of carbonyl (C=O) groups excluding carboxylic acids is 1. The van der Waals surface area contributed by atoms with Gasteiger partial charge in [0.15, 0.2) is 0 Å². The molecule has 86 valence electrons. The molecule has 0 unspecified atom stereocenters. The summed E-state index contributed by atoms with van der Waals surface area (Å²) in [5.74, 6) is 0.234. The van der Waals surface area contributed by atoms with Gasteiger partial charge in [-0.1, -0.05) is 6.07 Å². The molecule has 0 aliphatic carbocycles. The molecule has 16 heavy (non-hydrogen) atoms.